The van der Waals surface area contributed by atoms with Crippen molar-refractivity contribution in [2.75, 3.05) is 30.9 Å². The maximum Gasteiger partial charge on any atom is 0.281 e. The van der Waals surface area contributed by atoms with Gasteiger partial charge in [-0.25, -0.2) is 0 Å². The van der Waals surface area contributed by atoms with Crippen LogP contribution in [0.1, 0.15) is 6.42 Å². The highest BCUT2D eigenvalue weighted by molar-refractivity contribution is 8.13. The Morgan fingerprint density at radius 1 is 1.42 bits per heavy atom. The Labute approximate surface area is 116 Å². The fourth-order valence-electron chi connectivity index (χ4n) is 1.82. The number of amides is 2. The number of nitrogens with one attached hydrogen (secondary N) is 1. The van der Waals surface area contributed by atoms with Crippen LogP contribution in [-0.2, 0) is 4.79 Å². The van der Waals surface area contributed by atoms with Crippen LogP contribution in [0.15, 0.2) is 30.3 Å². The third kappa shape index (κ3) is 3.89. The minimum absolute atomic E-state index is 0.0733. The SMILES string of the molecule is CN(NC(=O)CCN1CCSC1=O)c1ccccc1. The summed E-state index contributed by atoms with van der Waals surface area (Å²) in [4.78, 5) is 24.9. The van der Waals surface area contributed by atoms with Crippen molar-refractivity contribution < 1.29 is 9.59 Å². The van der Waals surface area contributed by atoms with Gasteiger partial charge in [-0.1, -0.05) is 30.0 Å². The molecule has 0 spiro atoms. The lowest BCUT2D eigenvalue weighted by Gasteiger charge is -2.21. The van der Waals surface area contributed by atoms with E-state index in [-0.39, 0.29) is 11.1 Å². The molecule has 1 aliphatic rings. The summed E-state index contributed by atoms with van der Waals surface area (Å²) < 4.78 is 0. The molecule has 19 heavy (non-hydrogen) atoms. The fourth-order valence-corrected chi connectivity index (χ4v) is 2.68. The Hall–Kier alpha value is -1.69. The number of rotatable bonds is 5. The Balaban J connectivity index is 1.76. The molecule has 2 amide bonds. The zero-order valence-corrected chi connectivity index (χ0v) is 11.7. The highest BCUT2D eigenvalue weighted by atomic mass is 32.2. The highest BCUT2D eigenvalue weighted by Gasteiger charge is 2.21. The molecular formula is C13H17N3O2S. The molecule has 0 aliphatic carbocycles. The summed E-state index contributed by atoms with van der Waals surface area (Å²) in [6.45, 7) is 1.23. The first kappa shape index (κ1) is 13.7. The number of carbonyl (C=O) groups is 2. The third-order valence-electron chi connectivity index (χ3n) is 2.89. The zero-order chi connectivity index (χ0) is 13.7. The summed E-state index contributed by atoms with van der Waals surface area (Å²) in [6.07, 6.45) is 0.323. The lowest BCUT2D eigenvalue weighted by atomic mass is 10.3. The number of hydrogen-bond acceptors (Lipinski definition) is 4. The van der Waals surface area contributed by atoms with Crippen LogP contribution in [0.25, 0.3) is 0 Å². The third-order valence-corrected chi connectivity index (χ3v) is 3.78. The molecule has 0 unspecified atom stereocenters. The number of anilines is 1. The van der Waals surface area contributed by atoms with E-state index in [9.17, 15) is 9.59 Å². The molecule has 0 radical (unpaired) electrons. The fraction of sp³-hybridized carbons (Fsp3) is 0.385. The van der Waals surface area contributed by atoms with Crippen LogP contribution in [0.3, 0.4) is 0 Å². The summed E-state index contributed by atoms with van der Waals surface area (Å²) in [5.74, 6) is 0.737. The van der Waals surface area contributed by atoms with Crippen LogP contribution >= 0.6 is 11.8 Å². The maximum atomic E-state index is 11.8. The molecule has 6 heteroatoms. The molecule has 0 aromatic heterocycles. The lowest BCUT2D eigenvalue weighted by molar-refractivity contribution is -0.121. The summed E-state index contributed by atoms with van der Waals surface area (Å²) in [7, 11) is 1.80. The zero-order valence-electron chi connectivity index (χ0n) is 10.8. The number of carbonyl (C=O) groups excluding carboxylic acids is 2. The van der Waals surface area contributed by atoms with Gasteiger partial charge in [0.2, 0.25) is 5.91 Å². The molecule has 1 aliphatic heterocycles. The Bertz CT molecular complexity index is 452. The van der Waals surface area contributed by atoms with E-state index in [2.05, 4.69) is 5.43 Å². The lowest BCUT2D eigenvalue weighted by Crippen LogP contribution is -2.41. The summed E-state index contributed by atoms with van der Waals surface area (Å²) in [5.41, 5.74) is 3.70. The van der Waals surface area contributed by atoms with E-state index in [1.165, 1.54) is 11.8 Å². The number of para-hydroxylation sites is 1. The molecule has 1 aromatic rings. The Morgan fingerprint density at radius 2 is 2.16 bits per heavy atom. The summed E-state index contributed by atoms with van der Waals surface area (Å²) in [5, 5.41) is 1.76. The van der Waals surface area contributed by atoms with Crippen LogP contribution in [-0.4, -0.2) is 41.9 Å². The van der Waals surface area contributed by atoms with Gasteiger partial charge in [0, 0.05) is 32.3 Å². The van der Waals surface area contributed by atoms with Gasteiger partial charge >= 0.3 is 0 Å². The van der Waals surface area contributed by atoms with Crippen molar-refractivity contribution in [3.05, 3.63) is 30.3 Å². The van der Waals surface area contributed by atoms with Gasteiger partial charge in [-0.15, -0.1) is 0 Å². The minimum Gasteiger partial charge on any atom is -0.332 e. The number of hydrogen-bond donors (Lipinski definition) is 1. The first-order valence-electron chi connectivity index (χ1n) is 6.17. The van der Waals surface area contributed by atoms with Gasteiger partial charge in [-0.2, -0.15) is 0 Å². The van der Waals surface area contributed by atoms with E-state index < -0.39 is 0 Å². The molecule has 102 valence electrons. The highest BCUT2D eigenvalue weighted by Crippen LogP contribution is 2.17. The van der Waals surface area contributed by atoms with Crippen molar-refractivity contribution in [2.45, 2.75) is 6.42 Å². The predicted molar refractivity (Wildman–Crippen MR) is 77.0 cm³/mol. The number of thioether (sulfide) groups is 1. The van der Waals surface area contributed by atoms with E-state index in [0.717, 1.165) is 18.0 Å². The molecule has 0 saturated carbocycles. The number of hydrazine groups is 1. The van der Waals surface area contributed by atoms with Crippen LogP contribution < -0.4 is 10.4 Å². The average molecular weight is 279 g/mol. The van der Waals surface area contributed by atoms with Gasteiger partial charge in [0.05, 0.1) is 5.69 Å². The van der Waals surface area contributed by atoms with E-state index in [1.807, 2.05) is 30.3 Å². The van der Waals surface area contributed by atoms with Crippen LogP contribution in [0, 0.1) is 0 Å². The van der Waals surface area contributed by atoms with Crippen molar-refractivity contribution in [1.82, 2.24) is 10.3 Å². The van der Waals surface area contributed by atoms with Crippen molar-refractivity contribution >= 4 is 28.6 Å². The minimum atomic E-state index is -0.0870. The van der Waals surface area contributed by atoms with Crippen molar-refractivity contribution in [3.8, 4) is 0 Å². The Kier molecular flexibility index (Phi) is 4.68. The van der Waals surface area contributed by atoms with E-state index in [1.54, 1.807) is 17.0 Å². The molecule has 5 nitrogen and oxygen atoms in total. The molecule has 0 atom stereocenters. The molecule has 2 rings (SSSR count). The van der Waals surface area contributed by atoms with E-state index in [0.29, 0.717) is 13.0 Å². The van der Waals surface area contributed by atoms with Gasteiger partial charge in [0.15, 0.2) is 0 Å². The van der Waals surface area contributed by atoms with Crippen molar-refractivity contribution in [2.24, 2.45) is 0 Å². The molecule has 1 aromatic carbocycles. The van der Waals surface area contributed by atoms with E-state index in [4.69, 9.17) is 0 Å². The second-order valence-electron chi connectivity index (χ2n) is 4.28. The molecule has 1 saturated heterocycles. The molecule has 1 fully saturated rings. The molecule has 1 heterocycles. The Morgan fingerprint density at radius 3 is 2.79 bits per heavy atom. The van der Waals surface area contributed by atoms with Crippen LogP contribution in [0.2, 0.25) is 0 Å². The smallest absolute Gasteiger partial charge is 0.281 e. The van der Waals surface area contributed by atoms with E-state index >= 15 is 0 Å². The van der Waals surface area contributed by atoms with Crippen molar-refractivity contribution in [3.63, 3.8) is 0 Å². The van der Waals surface area contributed by atoms with Gasteiger partial charge in [-0.3, -0.25) is 20.0 Å². The topological polar surface area (TPSA) is 52.7 Å². The van der Waals surface area contributed by atoms with Crippen LogP contribution in [0.4, 0.5) is 10.5 Å². The largest absolute Gasteiger partial charge is 0.332 e. The quantitative estimate of drug-likeness (QED) is 0.834. The van der Waals surface area contributed by atoms with Gasteiger partial charge < -0.3 is 4.90 Å². The molecule has 0 bridgehead atoms. The van der Waals surface area contributed by atoms with Gasteiger partial charge in [0.25, 0.3) is 5.24 Å². The van der Waals surface area contributed by atoms with Crippen LogP contribution in [0.5, 0.6) is 0 Å². The second-order valence-corrected chi connectivity index (χ2v) is 5.33. The number of nitrogens with zero attached hydrogens (tertiary/aromatic N) is 2. The monoisotopic (exact) mass is 279 g/mol. The predicted octanol–water partition coefficient (Wildman–Crippen LogP) is 1.71. The number of benzene rings is 1. The summed E-state index contributed by atoms with van der Waals surface area (Å²) in [6, 6.07) is 9.59. The normalized spacial score (nSPS) is 14.6. The van der Waals surface area contributed by atoms with Gasteiger partial charge in [0.1, 0.15) is 0 Å². The average Bonchev–Trinajstić information content (AvgIpc) is 2.83. The van der Waals surface area contributed by atoms with Gasteiger partial charge in [-0.05, 0) is 12.1 Å². The standard InChI is InChI=1S/C13H17N3O2S/c1-15(11-5-3-2-4-6-11)14-12(17)7-8-16-9-10-19-13(16)18/h2-6H,7-10H2,1H3,(H,14,17). The molecular weight excluding hydrogens is 262 g/mol. The molecule has 1 N–H and O–H groups in total. The second kappa shape index (κ2) is 6.47. The first-order valence-corrected chi connectivity index (χ1v) is 7.15. The first-order chi connectivity index (χ1) is 9.16. The maximum absolute atomic E-state index is 11.8. The van der Waals surface area contributed by atoms with Crippen molar-refractivity contribution in [1.29, 1.82) is 0 Å². The summed E-state index contributed by atoms with van der Waals surface area (Å²) >= 11 is 1.31.